The Balaban J connectivity index is 1.96. The monoisotopic (exact) mass is 449 g/mol. The number of likely N-dealkylation sites (N-methyl/N-ethyl adjacent to an activating group) is 2. The van der Waals surface area contributed by atoms with E-state index in [1.165, 1.54) is 6.21 Å². The second-order valence-electron chi connectivity index (χ2n) is 10.2. The van der Waals surface area contributed by atoms with E-state index in [4.69, 9.17) is 15.9 Å². The summed E-state index contributed by atoms with van der Waals surface area (Å²) in [5.74, 6) is 1.57. The molecule has 0 atom stereocenters. The molecule has 1 heterocycles. The Morgan fingerprint density at radius 3 is 2.41 bits per heavy atom. The Labute approximate surface area is 195 Å². The zero-order chi connectivity index (χ0) is 23.5. The summed E-state index contributed by atoms with van der Waals surface area (Å²) >= 11 is 0. The van der Waals surface area contributed by atoms with Crippen molar-refractivity contribution >= 4 is 12.1 Å². The van der Waals surface area contributed by atoms with Gasteiger partial charge in [0.1, 0.15) is 0 Å². The van der Waals surface area contributed by atoms with Crippen LogP contribution in [-0.4, -0.2) is 81.5 Å². The van der Waals surface area contributed by atoms with Gasteiger partial charge in [0.15, 0.2) is 0 Å². The predicted molar refractivity (Wildman–Crippen MR) is 132 cm³/mol. The second-order valence-corrected chi connectivity index (χ2v) is 10.2. The zero-order valence-corrected chi connectivity index (χ0v) is 20.9. The highest BCUT2D eigenvalue weighted by Gasteiger charge is 2.32. The average molecular weight is 450 g/mol. The van der Waals surface area contributed by atoms with Crippen molar-refractivity contribution in [3.8, 4) is 0 Å². The Morgan fingerprint density at radius 1 is 1.19 bits per heavy atom. The lowest BCUT2D eigenvalue weighted by molar-refractivity contribution is -0.136. The molecule has 0 radical (unpaired) electrons. The van der Waals surface area contributed by atoms with Gasteiger partial charge in [-0.15, -0.1) is 0 Å². The van der Waals surface area contributed by atoms with Crippen LogP contribution in [0.5, 0.6) is 0 Å². The lowest BCUT2D eigenvalue weighted by Gasteiger charge is -2.39. The van der Waals surface area contributed by atoms with Crippen LogP contribution < -0.4 is 11.1 Å². The van der Waals surface area contributed by atoms with Crippen LogP contribution in [-0.2, 0) is 9.53 Å². The first-order chi connectivity index (χ1) is 15.3. The molecule has 2 aliphatic rings. The molecule has 1 amide bonds. The molecule has 1 aliphatic carbocycles. The molecule has 4 N–H and O–H groups in total. The highest BCUT2D eigenvalue weighted by molar-refractivity contribution is 5.78. The molecular weight excluding hydrogens is 402 g/mol. The van der Waals surface area contributed by atoms with Crippen molar-refractivity contribution in [2.45, 2.75) is 64.8 Å². The van der Waals surface area contributed by atoms with Crippen LogP contribution >= 0.6 is 0 Å². The van der Waals surface area contributed by atoms with Gasteiger partial charge in [0.05, 0.1) is 0 Å². The molecule has 0 aromatic heterocycles. The number of hydrogen-bond donors (Lipinski definition) is 3. The SMILES string of the molecule is CNCCN(C)CC(C=N)=C(N)C1CCC(N(CC(C)C)C(=O)CC2CCOCC2)CC1. The lowest BCUT2D eigenvalue weighted by Crippen LogP contribution is -2.45. The summed E-state index contributed by atoms with van der Waals surface area (Å²) in [6, 6.07) is 0.315. The number of rotatable bonds is 12. The first kappa shape index (κ1) is 26.8. The van der Waals surface area contributed by atoms with Crippen molar-refractivity contribution in [1.29, 1.82) is 5.41 Å². The highest BCUT2D eigenvalue weighted by atomic mass is 16.5. The maximum atomic E-state index is 13.2. The molecule has 0 unspecified atom stereocenters. The fourth-order valence-corrected chi connectivity index (χ4v) is 5.02. The Morgan fingerprint density at radius 2 is 1.84 bits per heavy atom. The highest BCUT2D eigenvalue weighted by Crippen LogP contribution is 2.33. The third-order valence-electron chi connectivity index (χ3n) is 6.99. The Bertz CT molecular complexity index is 607. The largest absolute Gasteiger partial charge is 0.402 e. The second kappa shape index (κ2) is 14.0. The summed E-state index contributed by atoms with van der Waals surface area (Å²) in [5, 5.41) is 11.0. The summed E-state index contributed by atoms with van der Waals surface area (Å²) in [5.41, 5.74) is 8.37. The first-order valence-corrected chi connectivity index (χ1v) is 12.5. The van der Waals surface area contributed by atoms with Crippen molar-refractivity contribution in [3.05, 3.63) is 11.3 Å². The third-order valence-corrected chi connectivity index (χ3v) is 6.99. The summed E-state index contributed by atoms with van der Waals surface area (Å²) < 4.78 is 5.47. The minimum atomic E-state index is 0.312. The molecule has 0 spiro atoms. The van der Waals surface area contributed by atoms with Crippen molar-refractivity contribution in [3.63, 3.8) is 0 Å². The number of nitrogens with one attached hydrogen (secondary N) is 2. The summed E-state index contributed by atoms with van der Waals surface area (Å²) in [6.45, 7) is 9.36. The van der Waals surface area contributed by atoms with Crippen LogP contribution in [0.3, 0.4) is 0 Å². The van der Waals surface area contributed by atoms with Crippen molar-refractivity contribution in [2.75, 3.05) is 53.5 Å². The number of nitrogens with two attached hydrogens (primary N) is 1. The molecular formula is C25H47N5O2. The van der Waals surface area contributed by atoms with Crippen LogP contribution in [0.2, 0.25) is 0 Å². The number of amides is 1. The Hall–Kier alpha value is -1.44. The van der Waals surface area contributed by atoms with Gasteiger partial charge < -0.3 is 31.0 Å². The first-order valence-electron chi connectivity index (χ1n) is 12.5. The van der Waals surface area contributed by atoms with Gasteiger partial charge in [-0.3, -0.25) is 4.79 Å². The minimum absolute atomic E-state index is 0.312. The van der Waals surface area contributed by atoms with E-state index in [1.54, 1.807) is 0 Å². The van der Waals surface area contributed by atoms with Crippen molar-refractivity contribution < 1.29 is 9.53 Å². The number of hydrogen-bond acceptors (Lipinski definition) is 6. The minimum Gasteiger partial charge on any atom is -0.402 e. The van der Waals surface area contributed by atoms with Gasteiger partial charge in [-0.1, -0.05) is 13.8 Å². The van der Waals surface area contributed by atoms with Gasteiger partial charge in [0.2, 0.25) is 5.91 Å². The third kappa shape index (κ3) is 8.49. The van der Waals surface area contributed by atoms with Gasteiger partial charge in [0, 0.05) is 69.3 Å². The molecule has 184 valence electrons. The number of ether oxygens (including phenoxy) is 1. The predicted octanol–water partition coefficient (Wildman–Crippen LogP) is 2.86. The van der Waals surface area contributed by atoms with E-state index in [-0.39, 0.29) is 0 Å². The van der Waals surface area contributed by atoms with Gasteiger partial charge in [-0.05, 0) is 70.4 Å². The molecule has 7 nitrogen and oxygen atoms in total. The van der Waals surface area contributed by atoms with Gasteiger partial charge in [-0.2, -0.15) is 0 Å². The van der Waals surface area contributed by atoms with E-state index >= 15 is 0 Å². The number of allylic oxidation sites excluding steroid dienone is 1. The molecule has 1 saturated heterocycles. The van der Waals surface area contributed by atoms with E-state index in [0.717, 1.165) is 82.6 Å². The maximum absolute atomic E-state index is 13.2. The van der Waals surface area contributed by atoms with Gasteiger partial charge in [0.25, 0.3) is 0 Å². The topological polar surface area (TPSA) is 94.7 Å². The van der Waals surface area contributed by atoms with E-state index in [2.05, 4.69) is 36.0 Å². The standard InChI is InChI=1S/C25H47N5O2/c1-19(2)17-30(24(31)15-20-9-13-32-14-10-20)23-7-5-21(6-8-23)25(27)22(16-26)18-29(4)12-11-28-3/h16,19-21,23,26,28H,5-15,17-18,27H2,1-4H3. The van der Waals surface area contributed by atoms with E-state index in [0.29, 0.717) is 42.7 Å². The van der Waals surface area contributed by atoms with E-state index in [9.17, 15) is 4.79 Å². The van der Waals surface area contributed by atoms with Crippen LogP contribution in [0.1, 0.15) is 58.8 Å². The number of carbonyl (C=O) groups excluding carboxylic acids is 1. The summed E-state index contributed by atoms with van der Waals surface area (Å²) in [4.78, 5) is 17.6. The quantitative estimate of drug-likeness (QED) is 0.398. The average Bonchev–Trinajstić information content (AvgIpc) is 2.79. The maximum Gasteiger partial charge on any atom is 0.223 e. The molecule has 0 aromatic carbocycles. The smallest absolute Gasteiger partial charge is 0.223 e. The summed E-state index contributed by atoms with van der Waals surface area (Å²) in [7, 11) is 4.02. The molecule has 0 aromatic rings. The van der Waals surface area contributed by atoms with Crippen LogP contribution in [0.4, 0.5) is 0 Å². The normalized spacial score (nSPS) is 23.3. The fourth-order valence-electron chi connectivity index (χ4n) is 5.02. The number of nitrogens with zero attached hydrogens (tertiary/aromatic N) is 2. The molecule has 1 saturated carbocycles. The van der Waals surface area contributed by atoms with Crippen LogP contribution in [0.25, 0.3) is 0 Å². The van der Waals surface area contributed by atoms with Crippen LogP contribution in [0, 0.1) is 23.2 Å². The zero-order valence-electron chi connectivity index (χ0n) is 20.9. The number of carbonyl (C=O) groups is 1. The molecule has 0 bridgehead atoms. The van der Waals surface area contributed by atoms with Gasteiger partial charge in [-0.25, -0.2) is 0 Å². The molecule has 7 heteroatoms. The Kier molecular flexibility index (Phi) is 11.7. The lowest BCUT2D eigenvalue weighted by atomic mass is 9.81. The molecule has 2 fully saturated rings. The fraction of sp³-hybridized carbons (Fsp3) is 0.840. The van der Waals surface area contributed by atoms with Crippen LogP contribution in [0.15, 0.2) is 11.3 Å². The van der Waals surface area contributed by atoms with E-state index in [1.807, 2.05) is 7.05 Å². The molecule has 1 aliphatic heterocycles. The summed E-state index contributed by atoms with van der Waals surface area (Å²) in [6.07, 6.45) is 8.08. The van der Waals surface area contributed by atoms with E-state index < -0.39 is 0 Å². The molecule has 2 rings (SSSR count). The van der Waals surface area contributed by atoms with Crippen molar-refractivity contribution in [1.82, 2.24) is 15.1 Å². The van der Waals surface area contributed by atoms with Crippen molar-refractivity contribution in [2.24, 2.45) is 23.5 Å². The van der Waals surface area contributed by atoms with Gasteiger partial charge >= 0.3 is 0 Å². The molecule has 32 heavy (non-hydrogen) atoms.